The van der Waals surface area contributed by atoms with Gasteiger partial charge in [-0.2, -0.15) is 0 Å². The number of hydrogen-bond donors (Lipinski definition) is 2. The Labute approximate surface area is 180 Å². The van der Waals surface area contributed by atoms with Crippen LogP contribution < -0.4 is 15.0 Å². The van der Waals surface area contributed by atoms with Crippen LogP contribution in [0.1, 0.15) is 12.5 Å². The van der Waals surface area contributed by atoms with Crippen LogP contribution in [-0.2, 0) is 14.4 Å². The Morgan fingerprint density at radius 3 is 2.40 bits per heavy atom. The van der Waals surface area contributed by atoms with Crippen molar-refractivity contribution in [2.45, 2.75) is 13.0 Å². The standard InChI is InChI=1S/C20H14Cl2N2O6/c1-10(19(27)28)30-13-5-2-11(3-6-13)8-14-17(25)23-20(29)24(18(14)26)16-7-4-12(21)9-15(16)22/h2-10H,1H3,(H,27,28)(H,23,25,29)/b14-8-/t10-/m0/s1. The molecule has 0 radical (unpaired) electrons. The minimum absolute atomic E-state index is 0.0637. The first-order valence-corrected chi connectivity index (χ1v) is 9.29. The zero-order valence-corrected chi connectivity index (χ0v) is 16.9. The molecule has 4 amide bonds. The highest BCUT2D eigenvalue weighted by molar-refractivity contribution is 6.42. The van der Waals surface area contributed by atoms with E-state index in [1.165, 1.54) is 55.5 Å². The monoisotopic (exact) mass is 448 g/mol. The molecule has 1 aliphatic heterocycles. The van der Waals surface area contributed by atoms with Crippen LogP contribution in [0.5, 0.6) is 5.75 Å². The number of nitrogens with one attached hydrogen (secondary N) is 1. The van der Waals surface area contributed by atoms with Gasteiger partial charge in [-0.3, -0.25) is 14.9 Å². The van der Waals surface area contributed by atoms with Crippen LogP contribution >= 0.6 is 23.2 Å². The lowest BCUT2D eigenvalue weighted by Gasteiger charge is -2.27. The second-order valence-electron chi connectivity index (χ2n) is 6.22. The SMILES string of the molecule is C[C@H](Oc1ccc(/C=C2/C(=O)NC(=O)N(c3ccc(Cl)cc3Cl)C2=O)cc1)C(=O)O. The van der Waals surface area contributed by atoms with Gasteiger partial charge in [0.2, 0.25) is 0 Å². The molecule has 0 aromatic heterocycles. The van der Waals surface area contributed by atoms with E-state index in [0.29, 0.717) is 16.3 Å². The van der Waals surface area contributed by atoms with E-state index in [2.05, 4.69) is 5.32 Å². The van der Waals surface area contributed by atoms with Gasteiger partial charge in [0.15, 0.2) is 6.10 Å². The predicted octanol–water partition coefficient (Wildman–Crippen LogP) is 3.51. The minimum atomic E-state index is -1.11. The highest BCUT2D eigenvalue weighted by Gasteiger charge is 2.37. The van der Waals surface area contributed by atoms with Crippen molar-refractivity contribution >= 4 is 58.8 Å². The molecule has 10 heteroatoms. The van der Waals surface area contributed by atoms with E-state index in [1.54, 1.807) is 0 Å². The molecule has 0 spiro atoms. The number of aliphatic carboxylic acids is 1. The van der Waals surface area contributed by atoms with Gasteiger partial charge in [-0.25, -0.2) is 14.5 Å². The van der Waals surface area contributed by atoms with E-state index < -0.39 is 29.9 Å². The Kier molecular flexibility index (Phi) is 6.09. The number of amides is 4. The topological polar surface area (TPSA) is 113 Å². The van der Waals surface area contributed by atoms with Crippen LogP contribution in [-0.4, -0.2) is 35.0 Å². The summed E-state index contributed by atoms with van der Waals surface area (Å²) in [7, 11) is 0. The van der Waals surface area contributed by atoms with Crippen molar-refractivity contribution in [3.8, 4) is 5.75 Å². The number of nitrogens with zero attached hydrogens (tertiary/aromatic N) is 1. The lowest BCUT2D eigenvalue weighted by atomic mass is 10.1. The molecule has 2 aromatic carbocycles. The van der Waals surface area contributed by atoms with E-state index in [9.17, 15) is 19.2 Å². The summed E-state index contributed by atoms with van der Waals surface area (Å²) >= 11 is 12.0. The van der Waals surface area contributed by atoms with Gasteiger partial charge in [0, 0.05) is 5.02 Å². The second-order valence-corrected chi connectivity index (χ2v) is 7.06. The number of carboxylic acid groups (broad SMARTS) is 1. The zero-order valence-electron chi connectivity index (χ0n) is 15.4. The molecule has 0 bridgehead atoms. The van der Waals surface area contributed by atoms with Crippen molar-refractivity contribution in [2.24, 2.45) is 0 Å². The largest absolute Gasteiger partial charge is 0.479 e. The van der Waals surface area contributed by atoms with Crippen LogP contribution in [0, 0.1) is 0 Å². The Hall–Kier alpha value is -3.36. The Bertz CT molecular complexity index is 1080. The molecule has 0 unspecified atom stereocenters. The molecule has 2 aromatic rings. The molecule has 30 heavy (non-hydrogen) atoms. The number of benzene rings is 2. The summed E-state index contributed by atoms with van der Waals surface area (Å²) < 4.78 is 5.23. The number of imide groups is 2. The van der Waals surface area contributed by atoms with Crippen LogP contribution in [0.25, 0.3) is 6.08 Å². The fourth-order valence-electron chi connectivity index (χ4n) is 2.60. The van der Waals surface area contributed by atoms with E-state index in [1.807, 2.05) is 0 Å². The van der Waals surface area contributed by atoms with E-state index in [0.717, 1.165) is 4.90 Å². The zero-order chi connectivity index (χ0) is 22.0. The van der Waals surface area contributed by atoms with Crippen LogP contribution in [0.3, 0.4) is 0 Å². The lowest BCUT2D eigenvalue weighted by Crippen LogP contribution is -2.54. The molecular formula is C20H14Cl2N2O6. The summed E-state index contributed by atoms with van der Waals surface area (Å²) in [6, 6.07) is 9.35. The van der Waals surface area contributed by atoms with Crippen molar-refractivity contribution in [1.82, 2.24) is 5.32 Å². The maximum atomic E-state index is 12.9. The van der Waals surface area contributed by atoms with E-state index >= 15 is 0 Å². The number of urea groups is 1. The Balaban J connectivity index is 1.90. The van der Waals surface area contributed by atoms with Gasteiger partial charge in [-0.1, -0.05) is 35.3 Å². The average molecular weight is 449 g/mol. The third-order valence-electron chi connectivity index (χ3n) is 4.10. The first-order chi connectivity index (χ1) is 14.2. The second kappa shape index (κ2) is 8.56. The maximum Gasteiger partial charge on any atom is 0.344 e. The fourth-order valence-corrected chi connectivity index (χ4v) is 3.10. The first-order valence-electron chi connectivity index (χ1n) is 8.53. The number of rotatable bonds is 5. The number of hydrogen-bond acceptors (Lipinski definition) is 5. The van der Waals surface area contributed by atoms with Crippen LogP contribution in [0.15, 0.2) is 48.0 Å². The van der Waals surface area contributed by atoms with Gasteiger partial charge in [0.25, 0.3) is 11.8 Å². The molecular weight excluding hydrogens is 435 g/mol. The average Bonchev–Trinajstić information content (AvgIpc) is 2.67. The summed E-state index contributed by atoms with van der Waals surface area (Å²) in [5.41, 5.74) is 0.252. The van der Waals surface area contributed by atoms with Gasteiger partial charge >= 0.3 is 12.0 Å². The van der Waals surface area contributed by atoms with Crippen LogP contribution in [0.4, 0.5) is 10.5 Å². The van der Waals surface area contributed by atoms with Gasteiger partial charge in [-0.15, -0.1) is 0 Å². The summed E-state index contributed by atoms with van der Waals surface area (Å²) in [6.45, 7) is 1.39. The molecule has 1 aliphatic rings. The smallest absolute Gasteiger partial charge is 0.344 e. The molecule has 0 aliphatic carbocycles. The van der Waals surface area contributed by atoms with Crippen molar-refractivity contribution in [3.05, 3.63) is 63.6 Å². The van der Waals surface area contributed by atoms with Crippen LogP contribution in [0.2, 0.25) is 10.0 Å². The molecule has 3 rings (SSSR count). The highest BCUT2D eigenvalue weighted by Crippen LogP contribution is 2.31. The maximum absolute atomic E-state index is 12.9. The molecule has 1 fully saturated rings. The molecule has 1 heterocycles. The predicted molar refractivity (Wildman–Crippen MR) is 110 cm³/mol. The van der Waals surface area contributed by atoms with Crippen molar-refractivity contribution in [1.29, 1.82) is 0 Å². The van der Waals surface area contributed by atoms with Gasteiger partial charge in [0.05, 0.1) is 10.7 Å². The number of anilines is 1. The quantitative estimate of drug-likeness (QED) is 0.534. The summed E-state index contributed by atoms with van der Waals surface area (Å²) in [6.07, 6.45) is 0.259. The highest BCUT2D eigenvalue weighted by atomic mass is 35.5. The van der Waals surface area contributed by atoms with E-state index in [4.69, 9.17) is 33.0 Å². The number of carboxylic acids is 1. The fraction of sp³-hybridized carbons (Fsp3) is 0.100. The minimum Gasteiger partial charge on any atom is -0.479 e. The molecule has 154 valence electrons. The summed E-state index contributed by atoms with van der Waals surface area (Å²) in [5.74, 6) is -2.52. The number of carbonyl (C=O) groups excluding carboxylic acids is 3. The third-order valence-corrected chi connectivity index (χ3v) is 4.64. The summed E-state index contributed by atoms with van der Waals surface area (Å²) in [4.78, 5) is 48.9. The van der Waals surface area contributed by atoms with Gasteiger partial charge in [-0.05, 0) is 48.9 Å². The first kappa shape index (κ1) is 21.4. The third kappa shape index (κ3) is 4.45. The van der Waals surface area contributed by atoms with Crippen molar-refractivity contribution < 1.29 is 29.0 Å². The van der Waals surface area contributed by atoms with E-state index in [-0.39, 0.29) is 16.3 Å². The van der Waals surface area contributed by atoms with Crippen molar-refractivity contribution in [2.75, 3.05) is 4.90 Å². The number of carbonyl (C=O) groups is 4. The molecule has 2 N–H and O–H groups in total. The van der Waals surface area contributed by atoms with Crippen molar-refractivity contribution in [3.63, 3.8) is 0 Å². The molecule has 1 saturated heterocycles. The number of halogens is 2. The molecule has 1 atom stereocenters. The lowest BCUT2D eigenvalue weighted by molar-refractivity contribution is -0.144. The molecule has 8 nitrogen and oxygen atoms in total. The Morgan fingerprint density at radius 1 is 1.13 bits per heavy atom. The summed E-state index contributed by atoms with van der Waals surface area (Å²) in [5, 5.41) is 11.4. The normalized spacial score (nSPS) is 16.4. The number of ether oxygens (including phenoxy) is 1. The molecule has 0 saturated carbocycles. The number of barbiturate groups is 1. The van der Waals surface area contributed by atoms with Gasteiger partial charge in [0.1, 0.15) is 11.3 Å². The Morgan fingerprint density at radius 2 is 1.80 bits per heavy atom. The van der Waals surface area contributed by atoms with Gasteiger partial charge < -0.3 is 9.84 Å².